The number of benzene rings is 3. The first kappa shape index (κ1) is 22.8. The number of carbonyl (C=O) groups excluding carboxylic acids is 1. The molecule has 0 spiro atoms. The molecule has 0 heterocycles. The topological polar surface area (TPSA) is 75.6 Å². The highest BCUT2D eigenvalue weighted by molar-refractivity contribution is 5.94. The number of ether oxygens (including phenoxy) is 1. The Hall–Kier alpha value is -3.88. The van der Waals surface area contributed by atoms with Crippen LogP contribution in [0.4, 0.5) is 17.6 Å². The third kappa shape index (κ3) is 5.05. The number of hydrogen-bond donors (Lipinski definition) is 2. The zero-order valence-corrected chi connectivity index (χ0v) is 16.7. The maximum absolute atomic E-state index is 14.1. The maximum Gasteiger partial charge on any atom is 0.416 e. The van der Waals surface area contributed by atoms with Gasteiger partial charge in [-0.15, -0.1) is 0 Å². The van der Waals surface area contributed by atoms with Crippen LogP contribution in [0.3, 0.4) is 0 Å². The summed E-state index contributed by atoms with van der Waals surface area (Å²) in [7, 11) is 1.44. The highest BCUT2D eigenvalue weighted by Crippen LogP contribution is 2.31. The second-order valence-corrected chi connectivity index (χ2v) is 6.78. The molecule has 0 saturated heterocycles. The molecule has 0 radical (unpaired) electrons. The summed E-state index contributed by atoms with van der Waals surface area (Å²) in [6, 6.07) is 12.8. The molecule has 0 aliphatic heterocycles. The van der Waals surface area contributed by atoms with Gasteiger partial charge in [-0.05, 0) is 59.2 Å². The van der Waals surface area contributed by atoms with Crippen LogP contribution in [0, 0.1) is 5.82 Å². The second-order valence-electron chi connectivity index (χ2n) is 6.78. The number of amides is 1. The van der Waals surface area contributed by atoms with Crippen molar-refractivity contribution in [1.82, 2.24) is 5.32 Å². The van der Waals surface area contributed by atoms with E-state index < -0.39 is 35.0 Å². The summed E-state index contributed by atoms with van der Waals surface area (Å²) in [5.74, 6) is -2.83. The Bertz CT molecular complexity index is 1170. The van der Waals surface area contributed by atoms with Gasteiger partial charge in [0.1, 0.15) is 11.6 Å². The predicted molar refractivity (Wildman–Crippen MR) is 108 cm³/mol. The van der Waals surface area contributed by atoms with Crippen LogP contribution < -0.4 is 10.1 Å². The third-order valence-electron chi connectivity index (χ3n) is 4.71. The third-order valence-corrected chi connectivity index (χ3v) is 4.71. The Labute approximate surface area is 180 Å². The number of alkyl halides is 3. The fourth-order valence-electron chi connectivity index (χ4n) is 3.09. The smallest absolute Gasteiger partial charge is 0.416 e. The molecule has 0 unspecified atom stereocenters. The van der Waals surface area contributed by atoms with Crippen molar-refractivity contribution < 1.29 is 37.0 Å². The molecule has 0 atom stereocenters. The highest BCUT2D eigenvalue weighted by atomic mass is 19.4. The number of rotatable bonds is 6. The van der Waals surface area contributed by atoms with Gasteiger partial charge in [-0.25, -0.2) is 9.18 Å². The number of carbonyl (C=O) groups is 2. The normalized spacial score (nSPS) is 11.2. The van der Waals surface area contributed by atoms with E-state index in [1.54, 1.807) is 30.3 Å². The Kier molecular flexibility index (Phi) is 6.47. The van der Waals surface area contributed by atoms with Gasteiger partial charge in [0.25, 0.3) is 5.91 Å². The lowest BCUT2D eigenvalue weighted by molar-refractivity contribution is -0.137. The highest BCUT2D eigenvalue weighted by Gasteiger charge is 2.31. The van der Waals surface area contributed by atoms with Crippen molar-refractivity contribution in [3.8, 4) is 16.9 Å². The van der Waals surface area contributed by atoms with Gasteiger partial charge in [-0.2, -0.15) is 13.2 Å². The molecule has 0 aliphatic rings. The summed E-state index contributed by atoms with van der Waals surface area (Å²) in [4.78, 5) is 23.7. The Balaban J connectivity index is 1.88. The van der Waals surface area contributed by atoms with E-state index in [0.717, 1.165) is 6.07 Å². The van der Waals surface area contributed by atoms with Gasteiger partial charge in [0.05, 0.1) is 23.8 Å². The number of hydrogen-bond acceptors (Lipinski definition) is 3. The van der Waals surface area contributed by atoms with Crippen molar-refractivity contribution >= 4 is 11.9 Å². The van der Waals surface area contributed by atoms with Crippen molar-refractivity contribution in [2.75, 3.05) is 7.11 Å². The van der Waals surface area contributed by atoms with Gasteiger partial charge in [-0.3, -0.25) is 4.79 Å². The molecule has 166 valence electrons. The van der Waals surface area contributed by atoms with Crippen LogP contribution in [-0.4, -0.2) is 24.1 Å². The van der Waals surface area contributed by atoms with E-state index in [-0.39, 0.29) is 18.2 Å². The summed E-state index contributed by atoms with van der Waals surface area (Å²) in [5, 5.41) is 11.7. The molecule has 0 aliphatic carbocycles. The number of aromatic carboxylic acids is 1. The predicted octanol–water partition coefficient (Wildman–Crippen LogP) is 5.15. The van der Waals surface area contributed by atoms with Gasteiger partial charge in [0, 0.05) is 6.54 Å². The molecule has 3 aromatic rings. The quantitative estimate of drug-likeness (QED) is 0.513. The SMILES string of the molecule is COc1ccc(-c2cccc(C(=O)O)c2)c(CNC(=O)c2ccc(C(F)(F)F)cc2F)c1. The summed E-state index contributed by atoms with van der Waals surface area (Å²) in [5.41, 5.74) is 0.0440. The van der Waals surface area contributed by atoms with E-state index in [4.69, 9.17) is 4.74 Å². The molecule has 1 amide bonds. The molecule has 5 nitrogen and oxygen atoms in total. The van der Waals surface area contributed by atoms with E-state index >= 15 is 0 Å². The maximum atomic E-state index is 14.1. The average molecular weight is 447 g/mol. The van der Waals surface area contributed by atoms with Crippen molar-refractivity contribution in [3.05, 3.63) is 88.7 Å². The van der Waals surface area contributed by atoms with Gasteiger partial charge in [0.15, 0.2) is 0 Å². The lowest BCUT2D eigenvalue weighted by atomic mass is 9.97. The minimum atomic E-state index is -4.73. The monoisotopic (exact) mass is 447 g/mol. The first-order valence-electron chi connectivity index (χ1n) is 9.25. The van der Waals surface area contributed by atoms with Crippen LogP contribution in [0.25, 0.3) is 11.1 Å². The largest absolute Gasteiger partial charge is 0.497 e. The van der Waals surface area contributed by atoms with Crippen LogP contribution in [0.15, 0.2) is 60.7 Å². The molecule has 2 N–H and O–H groups in total. The molecule has 0 bridgehead atoms. The van der Waals surface area contributed by atoms with Gasteiger partial charge in [0.2, 0.25) is 0 Å². The molecule has 3 aromatic carbocycles. The van der Waals surface area contributed by atoms with E-state index in [9.17, 15) is 32.3 Å². The fourth-order valence-corrected chi connectivity index (χ4v) is 3.09. The van der Waals surface area contributed by atoms with Crippen LogP contribution in [0.1, 0.15) is 31.8 Å². The van der Waals surface area contributed by atoms with Gasteiger partial charge >= 0.3 is 12.1 Å². The van der Waals surface area contributed by atoms with Crippen LogP contribution in [0.2, 0.25) is 0 Å². The van der Waals surface area contributed by atoms with Crippen molar-refractivity contribution in [2.24, 2.45) is 0 Å². The molecule has 32 heavy (non-hydrogen) atoms. The summed E-state index contributed by atoms with van der Waals surface area (Å²) >= 11 is 0. The minimum absolute atomic E-state index is 0.0696. The minimum Gasteiger partial charge on any atom is -0.497 e. The van der Waals surface area contributed by atoms with E-state index in [0.29, 0.717) is 28.5 Å². The molecule has 0 saturated carbocycles. The van der Waals surface area contributed by atoms with Crippen molar-refractivity contribution in [1.29, 1.82) is 0 Å². The molecule has 9 heteroatoms. The summed E-state index contributed by atoms with van der Waals surface area (Å²) < 4.78 is 57.4. The van der Waals surface area contributed by atoms with Crippen molar-refractivity contribution in [2.45, 2.75) is 12.7 Å². The average Bonchev–Trinajstić information content (AvgIpc) is 2.76. The standard InChI is InChI=1S/C23H17F4NO4/c1-32-17-6-8-18(13-3-2-4-14(9-13)22(30)31)15(10-17)12-28-21(29)19-7-5-16(11-20(19)24)23(25,26)27/h2-11H,12H2,1H3,(H,28,29)(H,30,31). The molecule has 0 aromatic heterocycles. The lowest BCUT2D eigenvalue weighted by Crippen LogP contribution is -2.24. The zero-order valence-electron chi connectivity index (χ0n) is 16.7. The second kappa shape index (κ2) is 9.09. The van der Waals surface area contributed by atoms with E-state index in [1.807, 2.05) is 0 Å². The van der Waals surface area contributed by atoms with Crippen LogP contribution in [-0.2, 0) is 12.7 Å². The Morgan fingerprint density at radius 3 is 2.41 bits per heavy atom. The Morgan fingerprint density at radius 1 is 1.03 bits per heavy atom. The fraction of sp³-hybridized carbons (Fsp3) is 0.130. The van der Waals surface area contributed by atoms with Crippen LogP contribution >= 0.6 is 0 Å². The molecule has 3 rings (SSSR count). The number of methoxy groups -OCH3 is 1. The van der Waals surface area contributed by atoms with Gasteiger partial charge in [-0.1, -0.05) is 18.2 Å². The zero-order chi connectivity index (χ0) is 23.5. The molecular weight excluding hydrogens is 430 g/mol. The van der Waals surface area contributed by atoms with Crippen LogP contribution in [0.5, 0.6) is 5.75 Å². The lowest BCUT2D eigenvalue weighted by Gasteiger charge is -2.14. The first-order chi connectivity index (χ1) is 15.1. The number of carboxylic acids is 1. The first-order valence-corrected chi connectivity index (χ1v) is 9.25. The van der Waals surface area contributed by atoms with Gasteiger partial charge < -0.3 is 15.2 Å². The van der Waals surface area contributed by atoms with Crippen molar-refractivity contribution in [3.63, 3.8) is 0 Å². The van der Waals surface area contributed by atoms with E-state index in [2.05, 4.69) is 5.32 Å². The number of nitrogens with one attached hydrogen (secondary N) is 1. The number of halogens is 4. The molecule has 0 fully saturated rings. The summed E-state index contributed by atoms with van der Waals surface area (Å²) in [6.07, 6.45) is -4.73. The Morgan fingerprint density at radius 2 is 1.78 bits per heavy atom. The number of carboxylic acid groups (broad SMARTS) is 1. The van der Waals surface area contributed by atoms with E-state index in [1.165, 1.54) is 19.2 Å². The summed E-state index contributed by atoms with van der Waals surface area (Å²) in [6.45, 7) is -0.108. The molecular formula is C23H17F4NO4.